The number of carbonyl (C=O) groups excluding carboxylic acids is 1. The van der Waals surface area contributed by atoms with Crippen LogP contribution in [0.15, 0.2) is 11.6 Å². The van der Waals surface area contributed by atoms with Gasteiger partial charge in [-0.25, -0.2) is 0 Å². The number of carbonyl (C=O) groups is 1. The summed E-state index contributed by atoms with van der Waals surface area (Å²) < 4.78 is 0. The topological polar surface area (TPSA) is 17.1 Å². The second-order valence-electron chi connectivity index (χ2n) is 3.42. The molecule has 0 saturated carbocycles. The molecule has 0 fully saturated rings. The molecule has 1 unspecified atom stereocenters. The Morgan fingerprint density at radius 3 is 3.00 bits per heavy atom. The Kier molecular flexibility index (Phi) is 3.80. The van der Waals surface area contributed by atoms with E-state index in [2.05, 4.69) is 6.92 Å². The van der Waals surface area contributed by atoms with Crippen LogP contribution in [-0.4, -0.2) is 11.7 Å². The summed E-state index contributed by atoms with van der Waals surface area (Å²) in [5.41, 5.74) is 1.25. The predicted octanol–water partition coefficient (Wildman–Crippen LogP) is 2.93. The quantitative estimate of drug-likeness (QED) is 0.620. The minimum absolute atomic E-state index is 0.287. The zero-order valence-corrected chi connectivity index (χ0v) is 8.23. The molecular weight excluding hydrogens is 172 g/mol. The molecule has 1 rings (SSSR count). The first kappa shape index (κ1) is 9.79. The first-order valence-electron chi connectivity index (χ1n) is 4.51. The Bertz CT molecular complexity index is 196. The summed E-state index contributed by atoms with van der Waals surface area (Å²) in [7, 11) is 0. The second kappa shape index (κ2) is 4.66. The Balaban J connectivity index is 2.45. The minimum atomic E-state index is 0.287. The molecule has 0 aliphatic heterocycles. The molecule has 0 aromatic rings. The van der Waals surface area contributed by atoms with Gasteiger partial charge in [-0.15, -0.1) is 11.6 Å². The van der Waals surface area contributed by atoms with E-state index in [4.69, 9.17) is 11.6 Å². The normalized spacial score (nSPS) is 24.0. The molecule has 0 amide bonds. The number of hydrogen-bond acceptors (Lipinski definition) is 1. The van der Waals surface area contributed by atoms with Crippen molar-refractivity contribution in [3.8, 4) is 0 Å². The fourth-order valence-corrected chi connectivity index (χ4v) is 1.84. The third kappa shape index (κ3) is 2.63. The lowest BCUT2D eigenvalue weighted by Crippen LogP contribution is -2.12. The summed E-state index contributed by atoms with van der Waals surface area (Å²) in [6, 6.07) is 0. The lowest BCUT2D eigenvalue weighted by Gasteiger charge is -2.20. The lowest BCUT2D eigenvalue weighted by atomic mass is 9.85. The Morgan fingerprint density at radius 2 is 2.42 bits per heavy atom. The number of hydrogen-bond donors (Lipinski definition) is 0. The third-order valence-electron chi connectivity index (χ3n) is 2.46. The summed E-state index contributed by atoms with van der Waals surface area (Å²) in [6.07, 6.45) is 5.75. The predicted molar refractivity (Wildman–Crippen MR) is 51.4 cm³/mol. The molecule has 2 heteroatoms. The van der Waals surface area contributed by atoms with Crippen LogP contribution in [0, 0.1) is 5.92 Å². The van der Waals surface area contributed by atoms with Crippen LogP contribution in [0.3, 0.4) is 0 Å². The Hall–Kier alpha value is -0.300. The largest absolute Gasteiger partial charge is 0.295 e. The van der Waals surface area contributed by atoms with Gasteiger partial charge >= 0.3 is 0 Å². The molecule has 1 aliphatic carbocycles. The van der Waals surface area contributed by atoms with Crippen LogP contribution in [-0.2, 0) is 4.79 Å². The van der Waals surface area contributed by atoms with E-state index in [-0.39, 0.29) is 5.78 Å². The maximum absolute atomic E-state index is 11.0. The molecule has 0 heterocycles. The zero-order valence-electron chi connectivity index (χ0n) is 7.48. The molecule has 0 aromatic heterocycles. The Labute approximate surface area is 78.8 Å². The first-order chi connectivity index (χ1) is 5.74. The van der Waals surface area contributed by atoms with Gasteiger partial charge in [0.1, 0.15) is 0 Å². The SMILES string of the molecule is CC1=CC(=O)CCC1CCCCl. The number of alkyl halides is 1. The van der Waals surface area contributed by atoms with Crippen molar-refractivity contribution in [1.29, 1.82) is 0 Å². The van der Waals surface area contributed by atoms with Crippen molar-refractivity contribution in [2.45, 2.75) is 32.6 Å². The van der Waals surface area contributed by atoms with Crippen LogP contribution in [0.4, 0.5) is 0 Å². The molecule has 0 saturated heterocycles. The van der Waals surface area contributed by atoms with E-state index in [0.717, 1.165) is 31.6 Å². The number of halogens is 1. The molecule has 0 aromatic carbocycles. The van der Waals surface area contributed by atoms with E-state index < -0.39 is 0 Å². The molecule has 1 nitrogen and oxygen atoms in total. The zero-order chi connectivity index (χ0) is 8.97. The summed E-state index contributed by atoms with van der Waals surface area (Å²) in [5.74, 6) is 1.63. The van der Waals surface area contributed by atoms with Crippen LogP contribution in [0.25, 0.3) is 0 Å². The van der Waals surface area contributed by atoms with Crippen molar-refractivity contribution in [2.75, 3.05) is 5.88 Å². The van der Waals surface area contributed by atoms with Crippen molar-refractivity contribution >= 4 is 17.4 Å². The van der Waals surface area contributed by atoms with Gasteiger partial charge in [-0.1, -0.05) is 5.57 Å². The second-order valence-corrected chi connectivity index (χ2v) is 3.80. The molecule has 1 aliphatic rings. The van der Waals surface area contributed by atoms with Gasteiger partial charge in [-0.05, 0) is 38.2 Å². The smallest absolute Gasteiger partial charge is 0.155 e. The van der Waals surface area contributed by atoms with Crippen LogP contribution in [0.1, 0.15) is 32.6 Å². The molecule has 0 spiro atoms. The molecule has 0 bridgehead atoms. The van der Waals surface area contributed by atoms with Crippen molar-refractivity contribution in [3.05, 3.63) is 11.6 Å². The molecule has 0 radical (unpaired) electrons. The van der Waals surface area contributed by atoms with E-state index >= 15 is 0 Å². The first-order valence-corrected chi connectivity index (χ1v) is 5.04. The van der Waals surface area contributed by atoms with Crippen LogP contribution < -0.4 is 0 Å². The highest BCUT2D eigenvalue weighted by Gasteiger charge is 2.17. The summed E-state index contributed by atoms with van der Waals surface area (Å²) in [4.78, 5) is 11.0. The standard InChI is InChI=1S/C10H15ClO/c1-8-7-10(12)5-4-9(8)3-2-6-11/h7,9H,2-6H2,1H3. The number of ketones is 1. The molecule has 12 heavy (non-hydrogen) atoms. The lowest BCUT2D eigenvalue weighted by molar-refractivity contribution is -0.115. The highest BCUT2D eigenvalue weighted by Crippen LogP contribution is 2.26. The molecule has 68 valence electrons. The molecule has 0 N–H and O–H groups in total. The van der Waals surface area contributed by atoms with Crippen LogP contribution in [0.5, 0.6) is 0 Å². The van der Waals surface area contributed by atoms with E-state index in [1.54, 1.807) is 6.08 Å². The van der Waals surface area contributed by atoms with Gasteiger partial charge in [-0.3, -0.25) is 4.79 Å². The number of rotatable bonds is 3. The molecular formula is C10H15ClO. The van der Waals surface area contributed by atoms with Gasteiger partial charge in [0.05, 0.1) is 0 Å². The Morgan fingerprint density at radius 1 is 1.67 bits per heavy atom. The number of allylic oxidation sites excluding steroid dienone is 2. The van der Waals surface area contributed by atoms with Gasteiger partial charge in [0.25, 0.3) is 0 Å². The van der Waals surface area contributed by atoms with E-state index in [9.17, 15) is 4.79 Å². The van der Waals surface area contributed by atoms with E-state index in [1.807, 2.05) is 0 Å². The van der Waals surface area contributed by atoms with Crippen LogP contribution in [0.2, 0.25) is 0 Å². The minimum Gasteiger partial charge on any atom is -0.295 e. The molecule has 1 atom stereocenters. The maximum Gasteiger partial charge on any atom is 0.155 e. The summed E-state index contributed by atoms with van der Waals surface area (Å²) in [6.45, 7) is 2.05. The fraction of sp³-hybridized carbons (Fsp3) is 0.700. The highest BCUT2D eigenvalue weighted by atomic mass is 35.5. The summed E-state index contributed by atoms with van der Waals surface area (Å²) >= 11 is 5.61. The fourth-order valence-electron chi connectivity index (χ4n) is 1.68. The summed E-state index contributed by atoms with van der Waals surface area (Å²) in [5, 5.41) is 0. The van der Waals surface area contributed by atoms with Crippen molar-refractivity contribution < 1.29 is 4.79 Å². The highest BCUT2D eigenvalue weighted by molar-refractivity contribution is 6.17. The van der Waals surface area contributed by atoms with Gasteiger partial charge in [-0.2, -0.15) is 0 Å². The van der Waals surface area contributed by atoms with Crippen molar-refractivity contribution in [3.63, 3.8) is 0 Å². The van der Waals surface area contributed by atoms with Gasteiger partial charge in [0.15, 0.2) is 5.78 Å². The van der Waals surface area contributed by atoms with Gasteiger partial charge in [0.2, 0.25) is 0 Å². The maximum atomic E-state index is 11.0. The van der Waals surface area contributed by atoms with Crippen molar-refractivity contribution in [2.24, 2.45) is 5.92 Å². The van der Waals surface area contributed by atoms with Crippen LogP contribution >= 0.6 is 11.6 Å². The average Bonchev–Trinajstić information content (AvgIpc) is 2.03. The monoisotopic (exact) mass is 186 g/mol. The average molecular weight is 187 g/mol. The van der Waals surface area contributed by atoms with E-state index in [0.29, 0.717) is 5.92 Å². The third-order valence-corrected chi connectivity index (χ3v) is 2.73. The van der Waals surface area contributed by atoms with Gasteiger partial charge in [0, 0.05) is 12.3 Å². The van der Waals surface area contributed by atoms with Crippen molar-refractivity contribution in [1.82, 2.24) is 0 Å². The van der Waals surface area contributed by atoms with E-state index in [1.165, 1.54) is 5.57 Å². The van der Waals surface area contributed by atoms with Gasteiger partial charge < -0.3 is 0 Å².